The summed E-state index contributed by atoms with van der Waals surface area (Å²) >= 11 is 3.36. The van der Waals surface area contributed by atoms with E-state index in [1.807, 2.05) is 42.6 Å². The SMILES string of the molecule is CC(=O)c1ccccc1OCCSCc1nc(-c2cccs2)oc1C. The van der Waals surface area contributed by atoms with E-state index in [1.165, 1.54) is 0 Å². The van der Waals surface area contributed by atoms with Crippen molar-refractivity contribution in [2.75, 3.05) is 12.4 Å². The molecule has 2 heterocycles. The average Bonchev–Trinajstić information content (AvgIpc) is 3.25. The Balaban J connectivity index is 1.49. The number of rotatable bonds is 8. The first-order valence-corrected chi connectivity index (χ1v) is 9.99. The number of hydrogen-bond acceptors (Lipinski definition) is 6. The van der Waals surface area contributed by atoms with Crippen molar-refractivity contribution in [1.82, 2.24) is 4.98 Å². The summed E-state index contributed by atoms with van der Waals surface area (Å²) in [4.78, 5) is 17.2. The van der Waals surface area contributed by atoms with Crippen LogP contribution in [0.5, 0.6) is 5.75 Å². The van der Waals surface area contributed by atoms with E-state index in [0.717, 1.165) is 27.8 Å². The Labute approximate surface area is 155 Å². The predicted octanol–water partition coefficient (Wildman–Crippen LogP) is 5.23. The van der Waals surface area contributed by atoms with Crippen LogP contribution in [0.3, 0.4) is 0 Å². The van der Waals surface area contributed by atoms with Crippen molar-refractivity contribution < 1.29 is 13.9 Å². The van der Waals surface area contributed by atoms with Crippen molar-refractivity contribution in [2.24, 2.45) is 0 Å². The lowest BCUT2D eigenvalue weighted by molar-refractivity contribution is 0.101. The summed E-state index contributed by atoms with van der Waals surface area (Å²) < 4.78 is 11.5. The first kappa shape index (κ1) is 17.8. The van der Waals surface area contributed by atoms with Crippen molar-refractivity contribution >= 4 is 28.9 Å². The van der Waals surface area contributed by atoms with Crippen LogP contribution in [0.4, 0.5) is 0 Å². The van der Waals surface area contributed by atoms with Crippen molar-refractivity contribution in [1.29, 1.82) is 0 Å². The van der Waals surface area contributed by atoms with Crippen LogP contribution in [0.1, 0.15) is 28.7 Å². The average molecular weight is 373 g/mol. The summed E-state index contributed by atoms with van der Waals surface area (Å²) in [7, 11) is 0. The van der Waals surface area contributed by atoms with E-state index >= 15 is 0 Å². The van der Waals surface area contributed by atoms with Crippen LogP contribution >= 0.6 is 23.1 Å². The van der Waals surface area contributed by atoms with Gasteiger partial charge in [-0.15, -0.1) is 11.3 Å². The van der Waals surface area contributed by atoms with Gasteiger partial charge in [-0.25, -0.2) is 4.98 Å². The van der Waals surface area contributed by atoms with Gasteiger partial charge in [-0.2, -0.15) is 11.8 Å². The molecule has 0 aliphatic rings. The van der Waals surface area contributed by atoms with E-state index < -0.39 is 0 Å². The van der Waals surface area contributed by atoms with Gasteiger partial charge in [0.1, 0.15) is 11.5 Å². The number of benzene rings is 1. The number of oxazole rings is 1. The van der Waals surface area contributed by atoms with E-state index in [2.05, 4.69) is 4.98 Å². The first-order valence-electron chi connectivity index (χ1n) is 7.96. The zero-order valence-corrected chi connectivity index (χ0v) is 15.8. The molecule has 0 aliphatic heterocycles. The van der Waals surface area contributed by atoms with Crippen molar-refractivity contribution in [2.45, 2.75) is 19.6 Å². The molecule has 3 aromatic rings. The third-order valence-electron chi connectivity index (χ3n) is 3.61. The molecule has 0 aliphatic carbocycles. The highest BCUT2D eigenvalue weighted by molar-refractivity contribution is 7.98. The van der Waals surface area contributed by atoms with E-state index in [-0.39, 0.29) is 5.78 Å². The molecule has 0 atom stereocenters. The molecule has 2 aromatic heterocycles. The molecule has 0 unspecified atom stereocenters. The lowest BCUT2D eigenvalue weighted by Crippen LogP contribution is -2.04. The van der Waals surface area contributed by atoms with Crippen molar-refractivity contribution in [3.8, 4) is 16.5 Å². The molecule has 0 bridgehead atoms. The second-order valence-corrected chi connectivity index (χ2v) is 7.51. The minimum absolute atomic E-state index is 0.0163. The number of thioether (sulfide) groups is 1. The Hall–Kier alpha value is -2.05. The number of ether oxygens (including phenoxy) is 1. The van der Waals surface area contributed by atoms with Crippen molar-refractivity contribution in [3.05, 3.63) is 58.8 Å². The van der Waals surface area contributed by atoms with Crippen LogP contribution in [-0.2, 0) is 5.75 Å². The maximum Gasteiger partial charge on any atom is 0.236 e. The molecule has 0 radical (unpaired) electrons. The Kier molecular flexibility index (Phi) is 5.94. The standard InChI is InChI=1S/C19H19NO3S2/c1-13(21)15-6-3-4-7-17(15)22-9-11-24-12-16-14(2)23-19(20-16)18-8-5-10-25-18/h3-8,10H,9,11-12H2,1-2H3. The fraction of sp³-hybridized carbons (Fsp3) is 0.263. The van der Waals surface area contributed by atoms with Gasteiger partial charge < -0.3 is 9.15 Å². The first-order chi connectivity index (χ1) is 12.1. The summed E-state index contributed by atoms with van der Waals surface area (Å²) in [5.74, 6) is 3.80. The van der Waals surface area contributed by atoms with Gasteiger partial charge in [-0.05, 0) is 37.4 Å². The topological polar surface area (TPSA) is 52.3 Å². The normalized spacial score (nSPS) is 10.8. The highest BCUT2D eigenvalue weighted by Gasteiger charge is 2.12. The molecule has 0 fully saturated rings. The maximum absolute atomic E-state index is 11.6. The third-order valence-corrected chi connectivity index (χ3v) is 5.41. The molecule has 0 saturated heterocycles. The Morgan fingerprint density at radius 1 is 1.28 bits per heavy atom. The lowest BCUT2D eigenvalue weighted by atomic mass is 10.1. The minimum atomic E-state index is 0.0163. The number of thiophene rings is 1. The highest BCUT2D eigenvalue weighted by atomic mass is 32.2. The Bertz CT molecular complexity index is 840. The number of Topliss-reactive ketones (excluding diaryl/α,β-unsaturated/α-hetero) is 1. The van der Waals surface area contributed by atoms with Gasteiger partial charge in [0, 0.05) is 11.5 Å². The van der Waals surface area contributed by atoms with Gasteiger partial charge in [-0.3, -0.25) is 4.79 Å². The number of ketones is 1. The van der Waals surface area contributed by atoms with Crippen LogP contribution in [0, 0.1) is 6.92 Å². The van der Waals surface area contributed by atoms with Crippen LogP contribution in [0.2, 0.25) is 0 Å². The minimum Gasteiger partial charge on any atom is -0.492 e. The molecule has 130 valence electrons. The molecule has 0 amide bonds. The number of nitrogens with zero attached hydrogens (tertiary/aromatic N) is 1. The van der Waals surface area contributed by atoms with Gasteiger partial charge in [0.05, 0.1) is 22.7 Å². The number of aryl methyl sites for hydroxylation is 1. The summed E-state index contributed by atoms with van der Waals surface area (Å²) in [6.45, 7) is 4.04. The number of aromatic nitrogens is 1. The Morgan fingerprint density at radius 3 is 2.88 bits per heavy atom. The number of carbonyl (C=O) groups is 1. The van der Waals surface area contributed by atoms with Gasteiger partial charge in [0.2, 0.25) is 5.89 Å². The summed E-state index contributed by atoms with van der Waals surface area (Å²) in [5.41, 5.74) is 1.60. The Morgan fingerprint density at radius 2 is 2.12 bits per heavy atom. The van der Waals surface area contributed by atoms with Crippen LogP contribution in [-0.4, -0.2) is 23.1 Å². The molecule has 0 N–H and O–H groups in total. The lowest BCUT2D eigenvalue weighted by Gasteiger charge is -2.09. The predicted molar refractivity (Wildman–Crippen MR) is 103 cm³/mol. The van der Waals surface area contributed by atoms with Gasteiger partial charge in [0.25, 0.3) is 0 Å². The van der Waals surface area contributed by atoms with E-state index in [9.17, 15) is 4.79 Å². The maximum atomic E-state index is 11.6. The zero-order chi connectivity index (χ0) is 17.6. The summed E-state index contributed by atoms with van der Waals surface area (Å²) in [6, 6.07) is 11.3. The second-order valence-electron chi connectivity index (χ2n) is 5.45. The molecule has 0 saturated carbocycles. The largest absolute Gasteiger partial charge is 0.492 e. The third kappa shape index (κ3) is 4.52. The molecule has 0 spiro atoms. The number of para-hydroxylation sites is 1. The smallest absolute Gasteiger partial charge is 0.236 e. The number of hydrogen-bond donors (Lipinski definition) is 0. The van der Waals surface area contributed by atoms with E-state index in [4.69, 9.17) is 9.15 Å². The summed E-state index contributed by atoms with van der Waals surface area (Å²) in [6.07, 6.45) is 0. The van der Waals surface area contributed by atoms with Crippen molar-refractivity contribution in [3.63, 3.8) is 0 Å². The fourth-order valence-electron chi connectivity index (χ4n) is 2.33. The molecule has 25 heavy (non-hydrogen) atoms. The van der Waals surface area contributed by atoms with Gasteiger partial charge in [0.15, 0.2) is 5.78 Å². The van der Waals surface area contributed by atoms with Gasteiger partial charge >= 0.3 is 0 Å². The molecule has 1 aromatic carbocycles. The molecule has 3 rings (SSSR count). The molecule has 6 heteroatoms. The zero-order valence-electron chi connectivity index (χ0n) is 14.2. The fourth-order valence-corrected chi connectivity index (χ4v) is 3.79. The van der Waals surface area contributed by atoms with E-state index in [0.29, 0.717) is 23.8 Å². The molecular weight excluding hydrogens is 354 g/mol. The summed E-state index contributed by atoms with van der Waals surface area (Å²) in [5, 5.41) is 2.01. The quantitative estimate of drug-likeness (QED) is 0.400. The molecular formula is C19H19NO3S2. The second kappa shape index (κ2) is 8.36. The molecule has 4 nitrogen and oxygen atoms in total. The monoisotopic (exact) mass is 373 g/mol. The van der Waals surface area contributed by atoms with Crippen LogP contribution < -0.4 is 4.74 Å². The highest BCUT2D eigenvalue weighted by Crippen LogP contribution is 2.27. The van der Waals surface area contributed by atoms with E-state index in [1.54, 1.807) is 36.1 Å². The number of carbonyl (C=O) groups excluding carboxylic acids is 1. The van der Waals surface area contributed by atoms with Crippen LogP contribution in [0.15, 0.2) is 46.2 Å². The van der Waals surface area contributed by atoms with Crippen LogP contribution in [0.25, 0.3) is 10.8 Å². The van der Waals surface area contributed by atoms with Gasteiger partial charge in [-0.1, -0.05) is 18.2 Å².